The van der Waals surface area contributed by atoms with Crippen LogP contribution in [0.5, 0.6) is 0 Å². The van der Waals surface area contributed by atoms with Gasteiger partial charge < -0.3 is 0 Å². The molecule has 2 heteroatoms. The molecule has 1 aromatic heterocycles. The maximum atomic E-state index is 3.26. The maximum Gasteiger partial charge on any atom is 2.00 e. The van der Waals surface area contributed by atoms with E-state index in [1.807, 2.05) is 18.2 Å². The third-order valence-electron chi connectivity index (χ3n) is 5.22. The number of fused-ring (bicyclic) bond motifs is 2. The molecule has 0 spiro atoms. The number of benzene rings is 3. The van der Waals surface area contributed by atoms with Gasteiger partial charge in [-0.3, -0.25) is 6.08 Å². The van der Waals surface area contributed by atoms with Crippen LogP contribution in [0.15, 0.2) is 72.8 Å². The molecule has 0 saturated heterocycles. The second kappa shape index (κ2) is 9.53. The number of aryl methyl sites for hydroxylation is 3. The van der Waals surface area contributed by atoms with Crippen molar-refractivity contribution in [2.45, 2.75) is 27.2 Å². The van der Waals surface area contributed by atoms with Crippen molar-refractivity contribution >= 4 is 28.4 Å². The zero-order valence-corrected chi connectivity index (χ0v) is 18.8. The summed E-state index contributed by atoms with van der Waals surface area (Å²) >= 11 is 0. The van der Waals surface area contributed by atoms with Gasteiger partial charge in [0.1, 0.15) is 0 Å². The maximum absolute atomic E-state index is 3.26. The molecule has 0 nitrogen and oxygen atoms in total. The van der Waals surface area contributed by atoms with Crippen molar-refractivity contribution in [3.63, 3.8) is 0 Å². The minimum atomic E-state index is 0. The Bertz CT molecular complexity index is 1130. The Labute approximate surface area is 189 Å². The number of rotatable bonds is 1. The first-order valence-electron chi connectivity index (χ1n) is 9.76. The van der Waals surface area contributed by atoms with Crippen LogP contribution >= 0.6 is 0 Å². The van der Waals surface area contributed by atoms with Crippen LogP contribution < -0.4 is 0 Å². The molecule has 0 amide bonds. The summed E-state index contributed by atoms with van der Waals surface area (Å²) < 4.78 is 0. The van der Waals surface area contributed by atoms with Crippen molar-refractivity contribution in [3.05, 3.63) is 102 Å². The van der Waals surface area contributed by atoms with Crippen molar-refractivity contribution in [3.8, 4) is 11.1 Å². The van der Waals surface area contributed by atoms with Crippen LogP contribution in [-0.2, 0) is 21.7 Å². The number of hydrogen-bond acceptors (Lipinski definition) is 0. The molecule has 0 fully saturated rings. The number of allylic oxidation sites excluding steroid dienone is 4. The zero-order chi connectivity index (χ0) is 19.5. The average Bonchev–Trinajstić information content (AvgIpc) is 3.27. The molecule has 1 aliphatic rings. The minimum absolute atomic E-state index is 0. The first-order valence-corrected chi connectivity index (χ1v) is 9.76. The van der Waals surface area contributed by atoms with Crippen molar-refractivity contribution in [1.29, 1.82) is 0 Å². The van der Waals surface area contributed by atoms with E-state index in [9.17, 15) is 0 Å². The third-order valence-corrected chi connectivity index (χ3v) is 5.22. The Morgan fingerprint density at radius 2 is 1.62 bits per heavy atom. The van der Waals surface area contributed by atoms with E-state index in [1.54, 1.807) is 0 Å². The van der Waals surface area contributed by atoms with E-state index in [4.69, 9.17) is 0 Å². The molecule has 0 radical (unpaired) electrons. The molecular weight excluding hydrogens is 383 g/mol. The summed E-state index contributed by atoms with van der Waals surface area (Å²) in [7, 11) is 0. The molecule has 0 unspecified atom stereocenters. The summed E-state index contributed by atoms with van der Waals surface area (Å²) in [6.07, 6.45) is 10.0. The topological polar surface area (TPSA) is 0 Å². The summed E-state index contributed by atoms with van der Waals surface area (Å²) in [5.41, 5.74) is 6.69. The van der Waals surface area contributed by atoms with Gasteiger partial charge >= 0.3 is 159 Å². The summed E-state index contributed by atoms with van der Waals surface area (Å²) in [6, 6.07) is 19.7. The van der Waals surface area contributed by atoms with Gasteiger partial charge in [0, 0.05) is 0 Å². The molecule has 5 rings (SSSR count). The molecule has 1 heterocycles. The van der Waals surface area contributed by atoms with Gasteiger partial charge in [-0.1, -0.05) is 0 Å². The first kappa shape index (κ1) is 21.5. The van der Waals surface area contributed by atoms with Crippen LogP contribution in [0, 0.1) is 32.8 Å². The van der Waals surface area contributed by atoms with Crippen LogP contribution in [0.1, 0.15) is 23.1 Å². The van der Waals surface area contributed by atoms with Gasteiger partial charge in [0.25, 0.3) is 0 Å². The van der Waals surface area contributed by atoms with Crippen LogP contribution in [0.4, 0.5) is 0 Å². The van der Waals surface area contributed by atoms with Crippen LogP contribution in [0.3, 0.4) is 0 Å². The fourth-order valence-electron chi connectivity index (χ4n) is 4.13. The van der Waals surface area contributed by atoms with E-state index >= 15 is 0 Å². The van der Waals surface area contributed by atoms with Crippen molar-refractivity contribution in [1.82, 2.24) is 0 Å². The normalized spacial score (nSPS) is 11.8. The molecule has 1 aliphatic carbocycles. The standard InChI is InChI=1S/C22H18B.C5H5.Ti/c1-14-11-15(2)20(16(3)12-14)21-19-9-5-4-7-17(19)13-18-8-6-10-23-22(18)21;1-2-4-5-3-1;/h4-9,11-13H,1-3H3;1-3H,4H2;/q2*-1;+2. The monoisotopic (exact) mass is 406 g/mol. The van der Waals surface area contributed by atoms with Gasteiger partial charge in [-0.15, -0.1) is 6.42 Å². The molecule has 0 aliphatic heterocycles. The molecule has 138 valence electrons. The van der Waals surface area contributed by atoms with Crippen molar-refractivity contribution < 1.29 is 21.7 Å². The fourth-order valence-corrected chi connectivity index (χ4v) is 4.13. The first-order chi connectivity index (χ1) is 13.6. The van der Waals surface area contributed by atoms with Gasteiger partial charge in [-0.2, -0.15) is 6.08 Å². The van der Waals surface area contributed by atoms with E-state index in [0.29, 0.717) is 0 Å². The fraction of sp³-hybridized carbons (Fsp3) is 0.148. The molecule has 4 aromatic rings. The van der Waals surface area contributed by atoms with Gasteiger partial charge in [-0.25, -0.2) is 12.2 Å². The van der Waals surface area contributed by atoms with E-state index in [0.717, 1.165) is 6.42 Å². The Kier molecular flexibility index (Phi) is 7.06. The Morgan fingerprint density at radius 1 is 0.862 bits per heavy atom. The molecule has 29 heavy (non-hydrogen) atoms. The second-order valence-corrected chi connectivity index (χ2v) is 7.40. The van der Waals surface area contributed by atoms with E-state index in [1.165, 1.54) is 49.3 Å². The number of hydrogen-bond donors (Lipinski definition) is 0. The largest absolute Gasteiger partial charge is 2.00 e. The summed E-state index contributed by atoms with van der Waals surface area (Å²) in [4.78, 5) is 0. The molecule has 0 bridgehead atoms. The van der Waals surface area contributed by atoms with E-state index in [2.05, 4.69) is 94.3 Å². The Morgan fingerprint density at radius 3 is 2.28 bits per heavy atom. The second-order valence-electron chi connectivity index (χ2n) is 7.40. The van der Waals surface area contributed by atoms with Crippen LogP contribution in [0.2, 0.25) is 0 Å². The van der Waals surface area contributed by atoms with Gasteiger partial charge in [-0.05, 0) is 0 Å². The Balaban J connectivity index is 0.000000352. The van der Waals surface area contributed by atoms with Crippen molar-refractivity contribution in [2.75, 3.05) is 0 Å². The van der Waals surface area contributed by atoms with Crippen LogP contribution in [-0.4, -0.2) is 6.91 Å². The van der Waals surface area contributed by atoms with Gasteiger partial charge in [0.15, 0.2) is 0 Å². The summed E-state index contributed by atoms with van der Waals surface area (Å²) in [5, 5.41) is 5.16. The smallest absolute Gasteiger partial charge is 0.273 e. The van der Waals surface area contributed by atoms with Gasteiger partial charge in [0.05, 0.1) is 0 Å². The third kappa shape index (κ3) is 4.53. The predicted octanol–water partition coefficient (Wildman–Crippen LogP) is 7.03. The van der Waals surface area contributed by atoms with Gasteiger partial charge in [0.2, 0.25) is 0 Å². The SMILES string of the molecule is Cc1cc(C)c(-c2c3b[c-]ccc3cc3ccccc23)c(C)c1.[C-]1=CC=CC1.[Ti+2]. The van der Waals surface area contributed by atoms with Crippen LogP contribution in [0.25, 0.3) is 32.6 Å². The average molecular weight is 406 g/mol. The Hall–Kier alpha value is -2.21. The summed E-state index contributed by atoms with van der Waals surface area (Å²) in [5.74, 6) is 3.26. The quantitative estimate of drug-likeness (QED) is 0.181. The molecular formula is C27H23BTi. The molecule has 0 atom stereocenters. The van der Waals surface area contributed by atoms with Crippen molar-refractivity contribution in [2.24, 2.45) is 0 Å². The molecule has 0 N–H and O–H groups in total. The predicted molar refractivity (Wildman–Crippen MR) is 123 cm³/mol. The van der Waals surface area contributed by atoms with E-state index in [-0.39, 0.29) is 21.7 Å². The molecule has 3 aromatic carbocycles. The molecule has 0 saturated carbocycles. The zero-order valence-electron chi connectivity index (χ0n) is 17.2. The van der Waals surface area contributed by atoms with E-state index < -0.39 is 0 Å². The minimum Gasteiger partial charge on any atom is -0.273 e. The summed E-state index contributed by atoms with van der Waals surface area (Å²) in [6.45, 7) is 8.72.